The fraction of sp³-hybridized carbons (Fsp3) is 0.500. The standard InChI is InChI=1S/C8H11NO2S/c1-11-4-2-3-8-9-7(5-10)6-12-8/h5-6H,2-4H2,1H3. The number of aldehydes is 1. The summed E-state index contributed by atoms with van der Waals surface area (Å²) in [5.41, 5.74) is 0.535. The topological polar surface area (TPSA) is 39.2 Å². The predicted molar refractivity (Wildman–Crippen MR) is 47.7 cm³/mol. The summed E-state index contributed by atoms with van der Waals surface area (Å²) in [5.74, 6) is 0. The van der Waals surface area contributed by atoms with Crippen LogP contribution in [0.5, 0.6) is 0 Å². The lowest BCUT2D eigenvalue weighted by molar-refractivity contribution is 0.111. The third-order valence-electron chi connectivity index (χ3n) is 1.43. The highest BCUT2D eigenvalue weighted by atomic mass is 32.1. The highest BCUT2D eigenvalue weighted by Gasteiger charge is 1.99. The van der Waals surface area contributed by atoms with Crippen LogP contribution < -0.4 is 0 Å². The Morgan fingerprint density at radius 2 is 2.58 bits per heavy atom. The lowest BCUT2D eigenvalue weighted by atomic mass is 10.3. The number of hydrogen-bond acceptors (Lipinski definition) is 4. The second-order valence-corrected chi connectivity index (χ2v) is 3.32. The van der Waals surface area contributed by atoms with E-state index in [1.54, 1.807) is 12.5 Å². The molecule has 0 aliphatic heterocycles. The summed E-state index contributed by atoms with van der Waals surface area (Å²) in [5, 5.41) is 2.78. The van der Waals surface area contributed by atoms with Gasteiger partial charge in [0.25, 0.3) is 0 Å². The molecule has 0 unspecified atom stereocenters. The van der Waals surface area contributed by atoms with Gasteiger partial charge in [0.2, 0.25) is 0 Å². The van der Waals surface area contributed by atoms with E-state index in [0.717, 1.165) is 30.7 Å². The highest BCUT2D eigenvalue weighted by Crippen LogP contribution is 2.09. The number of methoxy groups -OCH3 is 1. The second kappa shape index (κ2) is 5.00. The summed E-state index contributed by atoms with van der Waals surface area (Å²) in [7, 11) is 1.68. The van der Waals surface area contributed by atoms with Crippen LogP contribution in [0.3, 0.4) is 0 Å². The fourth-order valence-electron chi connectivity index (χ4n) is 0.862. The van der Waals surface area contributed by atoms with Crippen molar-refractivity contribution < 1.29 is 9.53 Å². The number of ether oxygens (including phenoxy) is 1. The monoisotopic (exact) mass is 185 g/mol. The van der Waals surface area contributed by atoms with Gasteiger partial charge < -0.3 is 4.74 Å². The Morgan fingerprint density at radius 1 is 1.75 bits per heavy atom. The Kier molecular flexibility index (Phi) is 3.90. The molecule has 0 aliphatic carbocycles. The zero-order valence-corrected chi connectivity index (χ0v) is 7.76. The van der Waals surface area contributed by atoms with E-state index in [1.165, 1.54) is 11.3 Å². The van der Waals surface area contributed by atoms with E-state index in [9.17, 15) is 4.79 Å². The molecule has 0 fully saturated rings. The van der Waals surface area contributed by atoms with Gasteiger partial charge in [-0.05, 0) is 6.42 Å². The summed E-state index contributed by atoms with van der Waals surface area (Å²) < 4.78 is 4.90. The Labute approximate surface area is 75.4 Å². The number of thiazole rings is 1. The van der Waals surface area contributed by atoms with Gasteiger partial charge in [0.05, 0.1) is 5.01 Å². The Hall–Kier alpha value is -0.740. The zero-order valence-electron chi connectivity index (χ0n) is 6.95. The lowest BCUT2D eigenvalue weighted by Gasteiger charge is -1.94. The van der Waals surface area contributed by atoms with Gasteiger partial charge in [-0.3, -0.25) is 4.79 Å². The van der Waals surface area contributed by atoms with Crippen LogP contribution in [0.2, 0.25) is 0 Å². The van der Waals surface area contributed by atoms with Gasteiger partial charge in [-0.25, -0.2) is 4.98 Å². The number of carbonyl (C=O) groups is 1. The van der Waals surface area contributed by atoms with Crippen LogP contribution in [0, 0.1) is 0 Å². The van der Waals surface area contributed by atoms with Crippen molar-refractivity contribution in [1.29, 1.82) is 0 Å². The van der Waals surface area contributed by atoms with Gasteiger partial charge >= 0.3 is 0 Å². The summed E-state index contributed by atoms with van der Waals surface area (Å²) >= 11 is 1.53. The first-order valence-corrected chi connectivity index (χ1v) is 4.63. The molecule has 0 aliphatic rings. The maximum absolute atomic E-state index is 10.3. The summed E-state index contributed by atoms with van der Waals surface area (Å²) in [4.78, 5) is 14.4. The van der Waals surface area contributed by atoms with Gasteiger partial charge in [0.15, 0.2) is 6.29 Å². The van der Waals surface area contributed by atoms with Crippen LogP contribution in [-0.4, -0.2) is 25.0 Å². The first-order chi connectivity index (χ1) is 5.86. The van der Waals surface area contributed by atoms with E-state index >= 15 is 0 Å². The van der Waals surface area contributed by atoms with Crippen molar-refractivity contribution in [3.63, 3.8) is 0 Å². The molecule has 4 heteroatoms. The van der Waals surface area contributed by atoms with E-state index in [1.807, 2.05) is 0 Å². The molecule has 0 atom stereocenters. The predicted octanol–water partition coefficient (Wildman–Crippen LogP) is 1.53. The molecule has 1 rings (SSSR count). The van der Waals surface area contributed by atoms with E-state index in [-0.39, 0.29) is 0 Å². The molecule has 0 spiro atoms. The molecule has 66 valence electrons. The molecule has 1 aromatic heterocycles. The largest absolute Gasteiger partial charge is 0.385 e. The summed E-state index contributed by atoms with van der Waals surface area (Å²) in [6.07, 6.45) is 2.63. The Bertz CT molecular complexity index is 247. The van der Waals surface area contributed by atoms with E-state index < -0.39 is 0 Å². The Balaban J connectivity index is 2.36. The van der Waals surface area contributed by atoms with Crippen molar-refractivity contribution in [3.8, 4) is 0 Å². The van der Waals surface area contributed by atoms with E-state index in [2.05, 4.69) is 4.98 Å². The molecule has 12 heavy (non-hydrogen) atoms. The number of hydrogen-bond donors (Lipinski definition) is 0. The molecule has 0 amide bonds. The maximum Gasteiger partial charge on any atom is 0.169 e. The minimum Gasteiger partial charge on any atom is -0.385 e. The number of nitrogens with zero attached hydrogens (tertiary/aromatic N) is 1. The lowest BCUT2D eigenvalue weighted by Crippen LogP contribution is -1.92. The molecule has 3 nitrogen and oxygen atoms in total. The Morgan fingerprint density at radius 3 is 3.17 bits per heavy atom. The smallest absolute Gasteiger partial charge is 0.169 e. The van der Waals surface area contributed by atoms with Crippen molar-refractivity contribution in [2.75, 3.05) is 13.7 Å². The van der Waals surface area contributed by atoms with Crippen molar-refractivity contribution in [2.24, 2.45) is 0 Å². The molecule has 1 heterocycles. The van der Waals surface area contributed by atoms with Gasteiger partial charge in [-0.15, -0.1) is 11.3 Å². The maximum atomic E-state index is 10.3. The molecule has 0 saturated heterocycles. The van der Waals surface area contributed by atoms with Gasteiger partial charge in [-0.1, -0.05) is 0 Å². The van der Waals surface area contributed by atoms with Gasteiger partial charge in [0, 0.05) is 25.5 Å². The minimum absolute atomic E-state index is 0.535. The van der Waals surface area contributed by atoms with Crippen LogP contribution >= 0.6 is 11.3 Å². The molecule has 0 aromatic carbocycles. The number of aromatic nitrogens is 1. The third kappa shape index (κ3) is 2.71. The molecule has 0 N–H and O–H groups in total. The van der Waals surface area contributed by atoms with Crippen LogP contribution in [-0.2, 0) is 11.2 Å². The van der Waals surface area contributed by atoms with Crippen molar-refractivity contribution >= 4 is 17.6 Å². The molecular weight excluding hydrogens is 174 g/mol. The van der Waals surface area contributed by atoms with Crippen LogP contribution in [0.1, 0.15) is 21.9 Å². The average Bonchev–Trinajstić information content (AvgIpc) is 2.53. The molecule has 1 aromatic rings. The highest BCUT2D eigenvalue weighted by molar-refractivity contribution is 7.09. The number of rotatable bonds is 5. The van der Waals surface area contributed by atoms with E-state index in [0.29, 0.717) is 5.69 Å². The molecular formula is C8H11NO2S. The normalized spacial score (nSPS) is 10.1. The first kappa shape index (κ1) is 9.35. The van der Waals surface area contributed by atoms with Crippen molar-refractivity contribution in [2.45, 2.75) is 12.8 Å². The fourth-order valence-corrected chi connectivity index (χ4v) is 1.65. The molecule has 0 saturated carbocycles. The van der Waals surface area contributed by atoms with Gasteiger partial charge in [-0.2, -0.15) is 0 Å². The summed E-state index contributed by atoms with van der Waals surface area (Å²) in [6, 6.07) is 0. The molecule has 0 radical (unpaired) electrons. The van der Waals surface area contributed by atoms with Crippen molar-refractivity contribution in [1.82, 2.24) is 4.98 Å². The first-order valence-electron chi connectivity index (χ1n) is 3.75. The quantitative estimate of drug-likeness (QED) is 0.516. The molecule has 0 bridgehead atoms. The van der Waals surface area contributed by atoms with Gasteiger partial charge in [0.1, 0.15) is 5.69 Å². The van der Waals surface area contributed by atoms with Crippen molar-refractivity contribution in [3.05, 3.63) is 16.1 Å². The second-order valence-electron chi connectivity index (χ2n) is 2.38. The number of carbonyl (C=O) groups excluding carboxylic acids is 1. The van der Waals surface area contributed by atoms with Crippen LogP contribution in [0.4, 0.5) is 0 Å². The summed E-state index contributed by atoms with van der Waals surface area (Å²) in [6.45, 7) is 0.746. The third-order valence-corrected chi connectivity index (χ3v) is 2.36. The minimum atomic E-state index is 0.535. The zero-order chi connectivity index (χ0) is 8.81. The number of aryl methyl sites for hydroxylation is 1. The van der Waals surface area contributed by atoms with Crippen LogP contribution in [0.25, 0.3) is 0 Å². The van der Waals surface area contributed by atoms with E-state index in [4.69, 9.17) is 4.74 Å². The van der Waals surface area contributed by atoms with Crippen LogP contribution in [0.15, 0.2) is 5.38 Å². The average molecular weight is 185 g/mol. The SMILES string of the molecule is COCCCc1nc(C=O)cs1.